The topological polar surface area (TPSA) is 9.23 Å². The summed E-state index contributed by atoms with van der Waals surface area (Å²) >= 11 is 29.5. The van der Waals surface area contributed by atoms with Crippen molar-refractivity contribution >= 4 is 58.0 Å². The van der Waals surface area contributed by atoms with Crippen molar-refractivity contribution in [2.75, 3.05) is 0 Å². The Hall–Kier alpha value is -0.310. The smallest absolute Gasteiger partial charge is 0.149 e. The zero-order chi connectivity index (χ0) is 13.3. The van der Waals surface area contributed by atoms with E-state index in [1.165, 1.54) is 6.07 Å². The molecular weight excluding hydrogens is 337 g/mol. The maximum atomic E-state index is 6.03. The molecule has 18 heavy (non-hydrogen) atoms. The van der Waals surface area contributed by atoms with E-state index in [0.717, 1.165) is 0 Å². The molecule has 0 aromatic heterocycles. The first-order chi connectivity index (χ1) is 8.49. The molecule has 0 amide bonds. The lowest BCUT2D eigenvalue weighted by atomic mass is 10.3. The minimum atomic E-state index is 0.162. The molecule has 0 heterocycles. The van der Waals surface area contributed by atoms with E-state index in [9.17, 15) is 0 Å². The fraction of sp³-hybridized carbons (Fsp3) is 0. The van der Waals surface area contributed by atoms with E-state index in [0.29, 0.717) is 16.5 Å². The van der Waals surface area contributed by atoms with Crippen LogP contribution in [-0.2, 0) is 0 Å². The molecule has 0 aliphatic heterocycles. The summed E-state index contributed by atoms with van der Waals surface area (Å²) in [5, 5.41) is 1.46. The SMILES string of the molecule is Clc1ccc(Oc2cc(Cl)c(Cl)c(Cl)c2Cl)cc1. The third-order valence-electron chi connectivity index (χ3n) is 2.11. The van der Waals surface area contributed by atoms with Gasteiger partial charge in [0.2, 0.25) is 0 Å². The van der Waals surface area contributed by atoms with E-state index < -0.39 is 0 Å². The standard InChI is InChI=1S/C12H5Cl5O/c13-6-1-3-7(4-2-6)18-9-5-8(14)10(15)12(17)11(9)16/h1-5H. The number of halogens is 5. The average Bonchev–Trinajstić information content (AvgIpc) is 2.36. The van der Waals surface area contributed by atoms with E-state index in [-0.39, 0.29) is 20.1 Å². The molecule has 0 atom stereocenters. The van der Waals surface area contributed by atoms with Crippen LogP contribution in [0.15, 0.2) is 30.3 Å². The first kappa shape index (κ1) is 14.1. The number of rotatable bonds is 2. The average molecular weight is 342 g/mol. The second-order valence-corrected chi connectivity index (χ2v) is 5.33. The van der Waals surface area contributed by atoms with Gasteiger partial charge in [-0.2, -0.15) is 0 Å². The Labute approximate surface area is 129 Å². The number of ether oxygens (including phenoxy) is 1. The Kier molecular flexibility index (Phi) is 4.52. The van der Waals surface area contributed by atoms with E-state index in [1.807, 2.05) is 0 Å². The van der Waals surface area contributed by atoms with Crippen LogP contribution in [0.1, 0.15) is 0 Å². The summed E-state index contributed by atoms with van der Waals surface area (Å²) in [4.78, 5) is 0. The van der Waals surface area contributed by atoms with E-state index in [1.54, 1.807) is 24.3 Å². The van der Waals surface area contributed by atoms with Crippen LogP contribution in [0.5, 0.6) is 11.5 Å². The van der Waals surface area contributed by atoms with Gasteiger partial charge in [-0.25, -0.2) is 0 Å². The first-order valence-electron chi connectivity index (χ1n) is 4.75. The largest absolute Gasteiger partial charge is 0.456 e. The molecule has 2 aromatic carbocycles. The normalized spacial score (nSPS) is 10.5. The fourth-order valence-electron chi connectivity index (χ4n) is 1.26. The van der Waals surface area contributed by atoms with Gasteiger partial charge in [-0.15, -0.1) is 0 Å². The van der Waals surface area contributed by atoms with Gasteiger partial charge >= 0.3 is 0 Å². The van der Waals surface area contributed by atoms with Crippen LogP contribution in [0.2, 0.25) is 25.1 Å². The van der Waals surface area contributed by atoms with Gasteiger partial charge in [0.05, 0.1) is 15.1 Å². The van der Waals surface area contributed by atoms with Crippen LogP contribution in [0.4, 0.5) is 0 Å². The molecule has 0 spiro atoms. The summed E-state index contributed by atoms with van der Waals surface area (Å²) in [5.74, 6) is 0.897. The van der Waals surface area contributed by atoms with Gasteiger partial charge in [-0.3, -0.25) is 0 Å². The van der Waals surface area contributed by atoms with E-state index in [2.05, 4.69) is 0 Å². The van der Waals surface area contributed by atoms with E-state index in [4.69, 9.17) is 62.7 Å². The van der Waals surface area contributed by atoms with Crippen LogP contribution >= 0.6 is 58.0 Å². The van der Waals surface area contributed by atoms with Gasteiger partial charge in [0, 0.05) is 11.1 Å². The molecule has 0 saturated carbocycles. The molecule has 2 aromatic rings. The van der Waals surface area contributed by atoms with Gasteiger partial charge < -0.3 is 4.74 Å². The second-order valence-electron chi connectivity index (χ2n) is 3.35. The molecule has 0 radical (unpaired) electrons. The Balaban J connectivity index is 2.38. The molecule has 0 saturated heterocycles. The Morgan fingerprint density at radius 2 is 1.33 bits per heavy atom. The highest BCUT2D eigenvalue weighted by atomic mass is 35.5. The Bertz CT molecular complexity index is 580. The van der Waals surface area contributed by atoms with Gasteiger partial charge in [-0.1, -0.05) is 58.0 Å². The highest BCUT2D eigenvalue weighted by Gasteiger charge is 2.14. The molecule has 0 bridgehead atoms. The summed E-state index contributed by atoms with van der Waals surface area (Å²) in [5.41, 5.74) is 0. The van der Waals surface area contributed by atoms with Crippen molar-refractivity contribution in [3.05, 3.63) is 55.4 Å². The van der Waals surface area contributed by atoms with Crippen LogP contribution in [0.25, 0.3) is 0 Å². The zero-order valence-electron chi connectivity index (χ0n) is 8.68. The molecule has 2 rings (SSSR count). The van der Waals surface area contributed by atoms with Gasteiger partial charge in [0.1, 0.15) is 16.5 Å². The lowest BCUT2D eigenvalue weighted by Gasteiger charge is -2.10. The van der Waals surface area contributed by atoms with Crippen LogP contribution < -0.4 is 4.74 Å². The summed E-state index contributed by atoms with van der Waals surface area (Å²) < 4.78 is 5.56. The van der Waals surface area contributed by atoms with Crippen molar-refractivity contribution in [2.24, 2.45) is 0 Å². The molecule has 0 fully saturated rings. The van der Waals surface area contributed by atoms with Gasteiger partial charge in [0.15, 0.2) is 0 Å². The maximum absolute atomic E-state index is 6.03. The monoisotopic (exact) mass is 340 g/mol. The first-order valence-corrected chi connectivity index (χ1v) is 6.64. The van der Waals surface area contributed by atoms with Gasteiger partial charge in [-0.05, 0) is 24.3 Å². The lowest BCUT2D eigenvalue weighted by molar-refractivity contribution is 0.483. The Morgan fingerprint density at radius 1 is 0.722 bits per heavy atom. The summed E-state index contributed by atoms with van der Waals surface area (Å²) in [6, 6.07) is 8.31. The summed E-state index contributed by atoms with van der Waals surface area (Å²) in [7, 11) is 0. The number of hydrogen-bond donors (Lipinski definition) is 0. The summed E-state index contributed by atoms with van der Waals surface area (Å²) in [6.45, 7) is 0. The molecule has 0 N–H and O–H groups in total. The maximum Gasteiger partial charge on any atom is 0.149 e. The predicted molar refractivity (Wildman–Crippen MR) is 78.0 cm³/mol. The quantitative estimate of drug-likeness (QED) is 0.433. The number of hydrogen-bond acceptors (Lipinski definition) is 1. The minimum absolute atomic E-state index is 0.162. The third kappa shape index (κ3) is 2.98. The highest BCUT2D eigenvalue weighted by Crippen LogP contribution is 2.43. The third-order valence-corrected chi connectivity index (χ3v) is 4.10. The molecule has 94 valence electrons. The predicted octanol–water partition coefficient (Wildman–Crippen LogP) is 6.75. The van der Waals surface area contributed by atoms with Crippen molar-refractivity contribution < 1.29 is 4.74 Å². The summed E-state index contributed by atoms with van der Waals surface area (Å²) in [6.07, 6.45) is 0. The van der Waals surface area contributed by atoms with Crippen LogP contribution in [0, 0.1) is 0 Å². The zero-order valence-corrected chi connectivity index (χ0v) is 12.5. The van der Waals surface area contributed by atoms with Crippen molar-refractivity contribution in [3.8, 4) is 11.5 Å². The van der Waals surface area contributed by atoms with Crippen molar-refractivity contribution in [3.63, 3.8) is 0 Å². The molecule has 1 nitrogen and oxygen atoms in total. The fourth-order valence-corrected chi connectivity index (χ4v) is 2.20. The van der Waals surface area contributed by atoms with E-state index >= 15 is 0 Å². The highest BCUT2D eigenvalue weighted by molar-refractivity contribution is 6.52. The van der Waals surface area contributed by atoms with Crippen molar-refractivity contribution in [2.45, 2.75) is 0 Å². The van der Waals surface area contributed by atoms with Crippen molar-refractivity contribution in [1.29, 1.82) is 0 Å². The lowest BCUT2D eigenvalue weighted by Crippen LogP contribution is -1.87. The Morgan fingerprint density at radius 3 is 1.94 bits per heavy atom. The van der Waals surface area contributed by atoms with Crippen molar-refractivity contribution in [1.82, 2.24) is 0 Å². The van der Waals surface area contributed by atoms with Crippen LogP contribution in [0.3, 0.4) is 0 Å². The number of benzene rings is 2. The molecule has 0 unspecified atom stereocenters. The molecule has 0 aliphatic rings. The molecule has 0 aliphatic carbocycles. The molecular formula is C12H5Cl5O. The van der Waals surface area contributed by atoms with Crippen LogP contribution in [-0.4, -0.2) is 0 Å². The second kappa shape index (κ2) is 5.77. The minimum Gasteiger partial charge on any atom is -0.456 e. The van der Waals surface area contributed by atoms with Gasteiger partial charge in [0.25, 0.3) is 0 Å². The molecule has 6 heteroatoms.